The lowest BCUT2D eigenvalue weighted by Gasteiger charge is -2.50. The number of rotatable bonds is 7. The minimum absolute atomic E-state index is 0.121. The zero-order valence-corrected chi connectivity index (χ0v) is 20.9. The summed E-state index contributed by atoms with van der Waals surface area (Å²) in [6.45, 7) is 4.49. The minimum Gasteiger partial charge on any atom is -0.393 e. The van der Waals surface area contributed by atoms with Gasteiger partial charge >= 0.3 is 6.09 Å². The van der Waals surface area contributed by atoms with Gasteiger partial charge in [0.25, 0.3) is 5.91 Å². The Kier molecular flexibility index (Phi) is 6.28. The number of fused-ring (bicyclic) bond motifs is 5. The van der Waals surface area contributed by atoms with Crippen LogP contribution in [-0.4, -0.2) is 71.9 Å². The molecule has 0 radical (unpaired) electrons. The van der Waals surface area contributed by atoms with Gasteiger partial charge in [-0.3, -0.25) is 24.3 Å². The van der Waals surface area contributed by atoms with Gasteiger partial charge in [0.05, 0.1) is 25.0 Å². The van der Waals surface area contributed by atoms with Crippen molar-refractivity contribution in [3.8, 4) is 0 Å². The second kappa shape index (κ2) is 9.28. The van der Waals surface area contributed by atoms with Crippen LogP contribution >= 0.6 is 0 Å². The molecule has 3 aliphatic heterocycles. The normalized spacial score (nSPS) is 30.6. The number of nitrogens with zero attached hydrogens (tertiary/aromatic N) is 3. The molecule has 0 N–H and O–H groups in total. The van der Waals surface area contributed by atoms with Crippen LogP contribution in [0.5, 0.6) is 0 Å². The number of carbonyl (C=O) groups is 4. The largest absolute Gasteiger partial charge is 0.424 e. The summed E-state index contributed by atoms with van der Waals surface area (Å²) in [5.41, 5.74) is 0.930. The number of amides is 4. The quantitative estimate of drug-likeness (QED) is 0.427. The number of likely N-dealkylation sites (tertiary alicyclic amines) is 1. The summed E-state index contributed by atoms with van der Waals surface area (Å²) in [7, 11) is 1.55. The molecule has 3 unspecified atom stereocenters. The van der Waals surface area contributed by atoms with Crippen molar-refractivity contribution >= 4 is 29.7 Å². The Hall–Kier alpha value is -3.33. The van der Waals surface area contributed by atoms with E-state index in [1.54, 1.807) is 14.0 Å². The van der Waals surface area contributed by atoms with Crippen molar-refractivity contribution in [3.63, 3.8) is 0 Å². The molecule has 3 fully saturated rings. The van der Waals surface area contributed by atoms with Crippen LogP contribution in [0.4, 0.5) is 4.79 Å². The highest BCUT2D eigenvalue weighted by Gasteiger charge is 2.70. The molecule has 4 atom stereocenters. The molecular formula is C27H31N3O6. The third-order valence-corrected chi connectivity index (χ3v) is 8.06. The Morgan fingerprint density at radius 1 is 1.11 bits per heavy atom. The molecule has 4 amide bonds. The molecule has 2 saturated heterocycles. The molecule has 1 saturated carbocycles. The average Bonchev–Trinajstić information content (AvgIpc) is 3.29. The van der Waals surface area contributed by atoms with Crippen LogP contribution in [0.25, 0.3) is 0 Å². The fourth-order valence-electron chi connectivity index (χ4n) is 6.65. The van der Waals surface area contributed by atoms with Crippen LogP contribution in [0.2, 0.25) is 0 Å². The summed E-state index contributed by atoms with van der Waals surface area (Å²) in [6.07, 6.45) is 0.882. The van der Waals surface area contributed by atoms with E-state index in [0.29, 0.717) is 31.4 Å². The monoisotopic (exact) mass is 493 g/mol. The molecular weight excluding hydrogens is 462 g/mol. The van der Waals surface area contributed by atoms with Gasteiger partial charge in [0, 0.05) is 31.6 Å². The number of carbonyl (C=O) groups excluding carboxylic acids is 4. The molecule has 4 aliphatic rings. The molecule has 0 aromatic heterocycles. The van der Waals surface area contributed by atoms with Gasteiger partial charge in [0.2, 0.25) is 17.7 Å². The van der Waals surface area contributed by atoms with Crippen LogP contribution in [0.15, 0.2) is 46.5 Å². The van der Waals surface area contributed by atoms with Gasteiger partial charge in [-0.2, -0.15) is 0 Å². The van der Waals surface area contributed by atoms with Gasteiger partial charge in [0.15, 0.2) is 0 Å². The maximum atomic E-state index is 13.9. The molecule has 1 aromatic carbocycles. The SMILES string of the molecule is CCC1=C2CCC3C(=O)N(CC)C(=O)C3C2[C@@]2(Cc3ccccc3)C(=NCCOC)OC(=O)N2C1=O. The standard InChI is InChI=1S/C27H31N3O6/c1-4-17-18-11-12-19-20(24(33)29(5-2)22(19)31)21(18)27(15-16-9-7-6-8-10-16)25(28-13-14-35-3)36-26(34)30(27)23(17)32/h6-10,19-21H,4-5,11-15H2,1-3H3/t19?,20?,21?,27-/m0/s1. The second-order valence-electron chi connectivity index (χ2n) is 9.70. The van der Waals surface area contributed by atoms with Crippen LogP contribution < -0.4 is 0 Å². The van der Waals surface area contributed by atoms with Crippen molar-refractivity contribution in [1.29, 1.82) is 0 Å². The minimum atomic E-state index is -1.33. The Bertz CT molecular complexity index is 1180. The third-order valence-electron chi connectivity index (χ3n) is 8.06. The molecule has 9 heteroatoms. The number of hydrogen-bond donors (Lipinski definition) is 0. The van der Waals surface area contributed by atoms with Gasteiger partial charge in [-0.25, -0.2) is 9.69 Å². The summed E-state index contributed by atoms with van der Waals surface area (Å²) in [6, 6.07) is 9.52. The number of aliphatic imine (C=N–C) groups is 1. The summed E-state index contributed by atoms with van der Waals surface area (Å²) in [5, 5.41) is 0. The van der Waals surface area contributed by atoms with E-state index < -0.39 is 35.3 Å². The lowest BCUT2D eigenvalue weighted by Crippen LogP contribution is -2.65. The Labute approximate surface area is 210 Å². The van der Waals surface area contributed by atoms with E-state index >= 15 is 0 Å². The lowest BCUT2D eigenvalue weighted by atomic mass is 9.58. The number of cyclic esters (lactones) is 1. The summed E-state index contributed by atoms with van der Waals surface area (Å²) >= 11 is 0. The predicted molar refractivity (Wildman–Crippen MR) is 130 cm³/mol. The van der Waals surface area contributed by atoms with Crippen LogP contribution in [0, 0.1) is 17.8 Å². The van der Waals surface area contributed by atoms with Crippen molar-refractivity contribution in [2.75, 3.05) is 26.8 Å². The molecule has 3 heterocycles. The first-order valence-electron chi connectivity index (χ1n) is 12.6. The topological polar surface area (TPSA) is 106 Å². The summed E-state index contributed by atoms with van der Waals surface area (Å²) < 4.78 is 10.9. The van der Waals surface area contributed by atoms with Gasteiger partial charge in [-0.1, -0.05) is 42.8 Å². The van der Waals surface area contributed by atoms with Gasteiger partial charge < -0.3 is 9.47 Å². The van der Waals surface area contributed by atoms with Gasteiger partial charge in [-0.05, 0) is 31.7 Å². The highest BCUT2D eigenvalue weighted by Crippen LogP contribution is 2.57. The van der Waals surface area contributed by atoms with E-state index in [9.17, 15) is 19.2 Å². The number of ether oxygens (including phenoxy) is 2. The second-order valence-corrected chi connectivity index (χ2v) is 9.70. The van der Waals surface area contributed by atoms with E-state index in [1.165, 1.54) is 9.80 Å². The van der Waals surface area contributed by atoms with Crippen molar-refractivity contribution in [3.05, 3.63) is 47.0 Å². The highest BCUT2D eigenvalue weighted by atomic mass is 16.6. The molecule has 190 valence electrons. The molecule has 9 nitrogen and oxygen atoms in total. The highest BCUT2D eigenvalue weighted by molar-refractivity contribution is 6.17. The van der Waals surface area contributed by atoms with Crippen LogP contribution in [-0.2, 0) is 30.3 Å². The first kappa shape index (κ1) is 24.4. The maximum absolute atomic E-state index is 13.9. The summed E-state index contributed by atoms with van der Waals surface area (Å²) in [5.74, 6) is -2.48. The Balaban J connectivity index is 1.78. The average molecular weight is 494 g/mol. The molecule has 5 rings (SSSR count). The summed E-state index contributed by atoms with van der Waals surface area (Å²) in [4.78, 5) is 61.3. The van der Waals surface area contributed by atoms with Crippen molar-refractivity contribution < 1.29 is 28.7 Å². The van der Waals surface area contributed by atoms with Crippen molar-refractivity contribution in [2.24, 2.45) is 22.7 Å². The molecule has 0 bridgehead atoms. The zero-order chi connectivity index (χ0) is 25.6. The van der Waals surface area contributed by atoms with Gasteiger partial charge in [0.1, 0.15) is 5.54 Å². The number of benzene rings is 1. The number of methoxy groups -OCH3 is 1. The number of hydrogen-bond acceptors (Lipinski definition) is 7. The van der Waals surface area contributed by atoms with Crippen LogP contribution in [0.1, 0.15) is 38.7 Å². The molecule has 36 heavy (non-hydrogen) atoms. The van der Waals surface area contributed by atoms with E-state index in [-0.39, 0.29) is 37.2 Å². The maximum Gasteiger partial charge on any atom is 0.424 e. The molecule has 1 aromatic rings. The molecule has 0 spiro atoms. The van der Waals surface area contributed by atoms with E-state index in [0.717, 1.165) is 11.1 Å². The first-order chi connectivity index (χ1) is 17.4. The van der Waals surface area contributed by atoms with Crippen LogP contribution in [0.3, 0.4) is 0 Å². The van der Waals surface area contributed by atoms with E-state index in [2.05, 4.69) is 4.99 Å². The Morgan fingerprint density at radius 3 is 2.53 bits per heavy atom. The number of imide groups is 2. The van der Waals surface area contributed by atoms with Crippen molar-refractivity contribution in [1.82, 2.24) is 9.80 Å². The van der Waals surface area contributed by atoms with Gasteiger partial charge in [-0.15, -0.1) is 0 Å². The lowest BCUT2D eigenvalue weighted by molar-refractivity contribution is -0.141. The smallest absolute Gasteiger partial charge is 0.393 e. The first-order valence-corrected chi connectivity index (χ1v) is 12.6. The molecule has 1 aliphatic carbocycles. The Morgan fingerprint density at radius 2 is 1.86 bits per heavy atom. The predicted octanol–water partition coefficient (Wildman–Crippen LogP) is 2.74. The fraction of sp³-hybridized carbons (Fsp3) is 0.519. The van der Waals surface area contributed by atoms with Crippen molar-refractivity contribution in [2.45, 2.75) is 45.1 Å². The third kappa shape index (κ3) is 3.36. The zero-order valence-electron chi connectivity index (χ0n) is 20.9. The van der Waals surface area contributed by atoms with E-state index in [4.69, 9.17) is 9.47 Å². The fourth-order valence-corrected chi connectivity index (χ4v) is 6.65. The van der Waals surface area contributed by atoms with E-state index in [1.807, 2.05) is 37.3 Å².